The average Bonchev–Trinajstić information content (AvgIpc) is 2.40. The van der Waals surface area contributed by atoms with Crippen LogP contribution in [0.15, 0.2) is 0 Å². The zero-order valence-corrected chi connectivity index (χ0v) is 14.7. The summed E-state index contributed by atoms with van der Waals surface area (Å²) in [5.41, 5.74) is 5.91. The molecule has 1 saturated heterocycles. The van der Waals surface area contributed by atoms with Crippen molar-refractivity contribution >= 4 is 6.09 Å². The van der Waals surface area contributed by atoms with E-state index in [-0.39, 0.29) is 6.09 Å². The maximum absolute atomic E-state index is 12.2. The summed E-state index contributed by atoms with van der Waals surface area (Å²) in [5, 5.41) is 0. The second-order valence-corrected chi connectivity index (χ2v) is 8.37. The lowest BCUT2D eigenvalue weighted by Gasteiger charge is -2.43. The van der Waals surface area contributed by atoms with Gasteiger partial charge in [0.15, 0.2) is 0 Å². The van der Waals surface area contributed by atoms with E-state index in [4.69, 9.17) is 10.5 Å². The first-order valence-electron chi connectivity index (χ1n) is 9.02. The number of carbonyl (C=O) groups excluding carboxylic acids is 1. The highest BCUT2D eigenvalue weighted by Gasteiger charge is 2.37. The molecule has 1 atom stereocenters. The van der Waals surface area contributed by atoms with Crippen molar-refractivity contribution in [3.63, 3.8) is 0 Å². The number of hydrogen-bond acceptors (Lipinski definition) is 3. The molecule has 1 heterocycles. The molecule has 128 valence electrons. The molecule has 22 heavy (non-hydrogen) atoms. The quantitative estimate of drug-likeness (QED) is 0.837. The average molecular weight is 310 g/mol. The maximum atomic E-state index is 12.2. The number of nitrogens with two attached hydrogens (primary N) is 1. The van der Waals surface area contributed by atoms with E-state index in [1.165, 1.54) is 44.9 Å². The van der Waals surface area contributed by atoms with E-state index in [1.54, 1.807) is 0 Å². The Morgan fingerprint density at radius 1 is 1.27 bits per heavy atom. The minimum absolute atomic E-state index is 0.141. The van der Waals surface area contributed by atoms with E-state index in [9.17, 15) is 4.79 Å². The van der Waals surface area contributed by atoms with E-state index < -0.39 is 5.60 Å². The SMILES string of the molecule is CC(C)(C)OC(=O)N1CCCC(CCC2(CCN)CCC2)C1. The number of likely N-dealkylation sites (tertiary alicyclic amines) is 1. The van der Waals surface area contributed by atoms with Gasteiger partial charge in [0, 0.05) is 13.1 Å². The summed E-state index contributed by atoms with van der Waals surface area (Å²) in [6, 6.07) is 0. The number of carbonyl (C=O) groups is 1. The predicted octanol–water partition coefficient (Wildman–Crippen LogP) is 3.93. The standard InChI is InChI=1S/C18H34N2O2/c1-17(2,3)22-16(21)20-13-4-6-15(14-20)7-10-18(11-12-19)8-5-9-18/h15H,4-14,19H2,1-3H3. The van der Waals surface area contributed by atoms with Crippen molar-refractivity contribution in [2.45, 2.75) is 77.7 Å². The number of nitrogens with zero attached hydrogens (tertiary/aromatic N) is 1. The first-order chi connectivity index (χ1) is 10.3. The summed E-state index contributed by atoms with van der Waals surface area (Å²) >= 11 is 0. The van der Waals surface area contributed by atoms with Gasteiger partial charge in [0.25, 0.3) is 0 Å². The Morgan fingerprint density at radius 2 is 2.00 bits per heavy atom. The Kier molecular flexibility index (Phi) is 5.76. The van der Waals surface area contributed by atoms with Crippen LogP contribution >= 0.6 is 0 Å². The van der Waals surface area contributed by atoms with Gasteiger partial charge in [-0.3, -0.25) is 0 Å². The van der Waals surface area contributed by atoms with Gasteiger partial charge in [-0.15, -0.1) is 0 Å². The summed E-state index contributed by atoms with van der Waals surface area (Å²) in [4.78, 5) is 14.1. The zero-order chi connectivity index (χ0) is 16.2. The molecule has 2 fully saturated rings. The number of amides is 1. The second kappa shape index (κ2) is 7.20. The summed E-state index contributed by atoms with van der Waals surface area (Å²) in [6.07, 6.45) is 9.99. The molecule has 0 aromatic heterocycles. The molecule has 4 heteroatoms. The summed E-state index contributed by atoms with van der Waals surface area (Å²) in [5.74, 6) is 0.636. The van der Waals surface area contributed by atoms with Gasteiger partial charge in [0.1, 0.15) is 5.60 Å². The van der Waals surface area contributed by atoms with Gasteiger partial charge in [-0.1, -0.05) is 6.42 Å². The lowest BCUT2D eigenvalue weighted by atomic mass is 9.63. The minimum Gasteiger partial charge on any atom is -0.444 e. The molecule has 4 nitrogen and oxygen atoms in total. The third-order valence-corrected chi connectivity index (χ3v) is 5.34. The Hall–Kier alpha value is -0.770. The van der Waals surface area contributed by atoms with E-state index in [0.717, 1.165) is 26.1 Å². The minimum atomic E-state index is -0.402. The molecular weight excluding hydrogens is 276 g/mol. The van der Waals surface area contributed by atoms with E-state index in [1.807, 2.05) is 25.7 Å². The number of rotatable bonds is 5. The van der Waals surface area contributed by atoms with E-state index >= 15 is 0 Å². The van der Waals surface area contributed by atoms with Gasteiger partial charge in [-0.05, 0) is 83.6 Å². The Morgan fingerprint density at radius 3 is 2.55 bits per heavy atom. The van der Waals surface area contributed by atoms with Crippen molar-refractivity contribution in [2.24, 2.45) is 17.1 Å². The molecule has 1 amide bonds. The third-order valence-electron chi connectivity index (χ3n) is 5.34. The van der Waals surface area contributed by atoms with Gasteiger partial charge in [0.05, 0.1) is 0 Å². The van der Waals surface area contributed by atoms with Crippen molar-refractivity contribution in [2.75, 3.05) is 19.6 Å². The number of hydrogen-bond donors (Lipinski definition) is 1. The van der Waals surface area contributed by atoms with Gasteiger partial charge in [0.2, 0.25) is 0 Å². The highest BCUT2D eigenvalue weighted by atomic mass is 16.6. The highest BCUT2D eigenvalue weighted by Crippen LogP contribution is 2.48. The van der Waals surface area contributed by atoms with E-state index in [0.29, 0.717) is 11.3 Å². The number of ether oxygens (including phenoxy) is 1. The molecule has 2 aliphatic rings. The molecule has 1 saturated carbocycles. The van der Waals surface area contributed by atoms with Crippen LogP contribution in [0.2, 0.25) is 0 Å². The lowest BCUT2D eigenvalue weighted by molar-refractivity contribution is 0.0141. The molecule has 0 radical (unpaired) electrons. The Balaban J connectivity index is 1.79. The van der Waals surface area contributed by atoms with Crippen LogP contribution in [-0.4, -0.2) is 36.2 Å². The molecule has 1 aliphatic heterocycles. The first-order valence-corrected chi connectivity index (χ1v) is 9.02. The smallest absolute Gasteiger partial charge is 0.410 e. The van der Waals surface area contributed by atoms with Crippen molar-refractivity contribution in [1.29, 1.82) is 0 Å². The molecule has 0 bridgehead atoms. The van der Waals surface area contributed by atoms with Gasteiger partial charge < -0.3 is 15.4 Å². The molecule has 0 spiro atoms. The Labute approximate surface area is 135 Å². The largest absolute Gasteiger partial charge is 0.444 e. The molecule has 0 aromatic rings. The van der Waals surface area contributed by atoms with Gasteiger partial charge >= 0.3 is 6.09 Å². The van der Waals surface area contributed by atoms with Crippen LogP contribution < -0.4 is 5.73 Å². The van der Waals surface area contributed by atoms with Crippen LogP contribution in [0.5, 0.6) is 0 Å². The van der Waals surface area contributed by atoms with Crippen molar-refractivity contribution in [3.8, 4) is 0 Å². The zero-order valence-electron chi connectivity index (χ0n) is 14.7. The van der Waals surface area contributed by atoms with Crippen LogP contribution in [0, 0.1) is 11.3 Å². The topological polar surface area (TPSA) is 55.6 Å². The fourth-order valence-electron chi connectivity index (χ4n) is 3.91. The van der Waals surface area contributed by atoms with Gasteiger partial charge in [-0.25, -0.2) is 4.79 Å². The molecule has 2 N–H and O–H groups in total. The van der Waals surface area contributed by atoms with Crippen LogP contribution in [0.3, 0.4) is 0 Å². The summed E-state index contributed by atoms with van der Waals surface area (Å²) < 4.78 is 5.51. The molecule has 2 rings (SSSR count). The van der Waals surface area contributed by atoms with Crippen molar-refractivity contribution < 1.29 is 9.53 Å². The molecule has 1 unspecified atom stereocenters. The second-order valence-electron chi connectivity index (χ2n) is 8.37. The lowest BCUT2D eigenvalue weighted by Crippen LogP contribution is -2.43. The molecular formula is C18H34N2O2. The van der Waals surface area contributed by atoms with E-state index in [2.05, 4.69) is 0 Å². The first kappa shape index (κ1) is 17.6. The Bertz CT molecular complexity index is 372. The monoisotopic (exact) mass is 310 g/mol. The molecule has 0 aromatic carbocycles. The van der Waals surface area contributed by atoms with Gasteiger partial charge in [-0.2, -0.15) is 0 Å². The van der Waals surface area contributed by atoms with Crippen LogP contribution in [0.4, 0.5) is 4.79 Å². The predicted molar refractivity (Wildman–Crippen MR) is 89.7 cm³/mol. The van der Waals surface area contributed by atoms with Crippen molar-refractivity contribution in [3.05, 3.63) is 0 Å². The fourth-order valence-corrected chi connectivity index (χ4v) is 3.91. The summed E-state index contributed by atoms with van der Waals surface area (Å²) in [6.45, 7) is 8.32. The molecule has 1 aliphatic carbocycles. The van der Waals surface area contributed by atoms with Crippen molar-refractivity contribution in [1.82, 2.24) is 4.90 Å². The number of piperidine rings is 1. The summed E-state index contributed by atoms with van der Waals surface area (Å²) in [7, 11) is 0. The van der Waals surface area contributed by atoms with Crippen LogP contribution in [0.25, 0.3) is 0 Å². The fraction of sp³-hybridized carbons (Fsp3) is 0.944. The highest BCUT2D eigenvalue weighted by molar-refractivity contribution is 5.68. The van der Waals surface area contributed by atoms with Crippen LogP contribution in [-0.2, 0) is 4.74 Å². The van der Waals surface area contributed by atoms with Crippen LogP contribution in [0.1, 0.15) is 72.1 Å². The third kappa shape index (κ3) is 4.87. The maximum Gasteiger partial charge on any atom is 0.410 e. The normalized spacial score (nSPS) is 24.7.